The molecule has 7 heteroatoms. The molecule has 0 bridgehead atoms. The van der Waals surface area contributed by atoms with Crippen molar-refractivity contribution in [3.05, 3.63) is 120 Å². The zero-order chi connectivity index (χ0) is 26.5. The fourth-order valence-corrected chi connectivity index (χ4v) is 4.50. The molecule has 1 unspecified atom stereocenters. The van der Waals surface area contributed by atoms with Crippen molar-refractivity contribution in [1.82, 2.24) is 5.32 Å². The van der Waals surface area contributed by atoms with Gasteiger partial charge in [-0.2, -0.15) is 0 Å². The smallest absolute Gasteiger partial charge is 0.407 e. The van der Waals surface area contributed by atoms with Crippen molar-refractivity contribution < 1.29 is 28.2 Å². The maximum Gasteiger partial charge on any atom is 0.407 e. The number of fused-ring (bicyclic) bond motifs is 3. The molecule has 1 N–H and O–H groups in total. The Hall–Kier alpha value is -4.65. The molecule has 1 aliphatic carbocycles. The molecule has 1 atom stereocenters. The molecular weight excluding hydrogens is 485 g/mol. The SMILES string of the molecule is CC(NC(=O)OCC1c2ccccc2-c2ccccc21)C(=O)Oc1c(F)cccc1OCc1ccccc1. The van der Waals surface area contributed by atoms with Crippen molar-refractivity contribution in [3.8, 4) is 22.6 Å². The van der Waals surface area contributed by atoms with Crippen LogP contribution in [0.2, 0.25) is 0 Å². The van der Waals surface area contributed by atoms with Crippen molar-refractivity contribution in [3.63, 3.8) is 0 Å². The van der Waals surface area contributed by atoms with Crippen molar-refractivity contribution in [2.45, 2.75) is 25.5 Å². The van der Waals surface area contributed by atoms with Crippen LogP contribution in [0.1, 0.15) is 29.5 Å². The van der Waals surface area contributed by atoms with E-state index in [1.165, 1.54) is 25.1 Å². The molecule has 0 saturated heterocycles. The lowest BCUT2D eigenvalue weighted by molar-refractivity contribution is -0.136. The van der Waals surface area contributed by atoms with Crippen LogP contribution in [0.5, 0.6) is 11.5 Å². The second kappa shape index (κ2) is 11.2. The number of hydrogen-bond donors (Lipinski definition) is 1. The highest BCUT2D eigenvalue weighted by Gasteiger charge is 2.29. The second-order valence-corrected chi connectivity index (χ2v) is 8.95. The number of hydrogen-bond acceptors (Lipinski definition) is 5. The Labute approximate surface area is 220 Å². The zero-order valence-electron chi connectivity index (χ0n) is 20.7. The van der Waals surface area contributed by atoms with Gasteiger partial charge in [0.1, 0.15) is 19.3 Å². The molecule has 192 valence electrons. The van der Waals surface area contributed by atoms with Crippen LogP contribution in [0.3, 0.4) is 0 Å². The van der Waals surface area contributed by atoms with Crippen molar-refractivity contribution in [2.75, 3.05) is 6.61 Å². The van der Waals surface area contributed by atoms with Crippen LogP contribution in [-0.2, 0) is 16.1 Å². The maximum absolute atomic E-state index is 14.5. The minimum absolute atomic E-state index is 0.0792. The molecule has 38 heavy (non-hydrogen) atoms. The first-order chi connectivity index (χ1) is 18.5. The Balaban J connectivity index is 1.19. The van der Waals surface area contributed by atoms with E-state index in [4.69, 9.17) is 14.2 Å². The lowest BCUT2D eigenvalue weighted by Gasteiger charge is -2.17. The van der Waals surface area contributed by atoms with Crippen LogP contribution < -0.4 is 14.8 Å². The second-order valence-electron chi connectivity index (χ2n) is 8.95. The molecular formula is C31H26FNO5. The molecule has 1 amide bonds. The molecule has 0 heterocycles. The highest BCUT2D eigenvalue weighted by atomic mass is 19.1. The fraction of sp³-hybridized carbons (Fsp3) is 0.161. The zero-order valence-corrected chi connectivity index (χ0v) is 20.7. The summed E-state index contributed by atoms with van der Waals surface area (Å²) in [6.45, 7) is 1.71. The van der Waals surface area contributed by atoms with Gasteiger partial charge in [0.25, 0.3) is 0 Å². The predicted molar refractivity (Wildman–Crippen MR) is 140 cm³/mol. The third-order valence-corrected chi connectivity index (χ3v) is 6.40. The number of benzene rings is 4. The highest BCUT2D eigenvalue weighted by Crippen LogP contribution is 2.44. The minimum atomic E-state index is -1.09. The van der Waals surface area contributed by atoms with Gasteiger partial charge in [0, 0.05) is 5.92 Å². The van der Waals surface area contributed by atoms with Gasteiger partial charge in [0.15, 0.2) is 11.6 Å². The summed E-state index contributed by atoms with van der Waals surface area (Å²) in [5.74, 6) is -1.98. The predicted octanol–water partition coefficient (Wildman–Crippen LogP) is 6.24. The van der Waals surface area contributed by atoms with E-state index >= 15 is 0 Å². The fourth-order valence-electron chi connectivity index (χ4n) is 4.50. The minimum Gasteiger partial charge on any atom is -0.485 e. The van der Waals surface area contributed by atoms with E-state index < -0.39 is 23.9 Å². The van der Waals surface area contributed by atoms with E-state index in [1.54, 1.807) is 0 Å². The molecule has 6 nitrogen and oxygen atoms in total. The number of alkyl carbamates (subject to hydrolysis) is 1. The van der Waals surface area contributed by atoms with Gasteiger partial charge in [-0.25, -0.2) is 14.0 Å². The number of ether oxygens (including phenoxy) is 3. The lowest BCUT2D eigenvalue weighted by atomic mass is 9.98. The Morgan fingerprint density at radius 3 is 2.16 bits per heavy atom. The number of nitrogens with one attached hydrogen (secondary N) is 1. The standard InChI is InChI=1S/C31H26FNO5/c1-20(30(34)38-29-27(32)16-9-17-28(29)36-18-21-10-3-2-4-11-21)33-31(35)37-19-26-24-14-7-5-12-22(24)23-13-6-8-15-25(23)26/h2-17,20,26H,18-19H2,1H3,(H,33,35). The van der Waals surface area contributed by atoms with E-state index in [0.29, 0.717) is 0 Å². The quantitative estimate of drug-likeness (QED) is 0.224. The number of halogens is 1. The molecule has 1 aliphatic rings. The van der Waals surface area contributed by atoms with Gasteiger partial charge in [-0.1, -0.05) is 84.9 Å². The normalized spacial score (nSPS) is 12.7. The number of carbonyl (C=O) groups is 2. The summed E-state index contributed by atoms with van der Waals surface area (Å²) in [7, 11) is 0. The van der Waals surface area contributed by atoms with Crippen molar-refractivity contribution in [1.29, 1.82) is 0 Å². The van der Waals surface area contributed by atoms with Crippen LogP contribution in [0, 0.1) is 5.82 Å². The molecule has 0 fully saturated rings. The summed E-state index contributed by atoms with van der Waals surface area (Å²) < 4.78 is 31.0. The molecule has 0 radical (unpaired) electrons. The van der Waals surface area contributed by atoms with Gasteiger partial charge in [-0.05, 0) is 46.9 Å². The third kappa shape index (κ3) is 5.37. The summed E-state index contributed by atoms with van der Waals surface area (Å²) in [5.41, 5.74) is 5.26. The first kappa shape index (κ1) is 25.0. The first-order valence-electron chi connectivity index (χ1n) is 12.3. The van der Waals surface area contributed by atoms with Crippen molar-refractivity contribution >= 4 is 12.1 Å². The maximum atomic E-state index is 14.5. The van der Waals surface area contributed by atoms with Crippen LogP contribution in [0.4, 0.5) is 9.18 Å². The van der Waals surface area contributed by atoms with E-state index in [2.05, 4.69) is 5.32 Å². The van der Waals surface area contributed by atoms with Gasteiger partial charge in [-0.3, -0.25) is 0 Å². The average molecular weight is 512 g/mol. The highest BCUT2D eigenvalue weighted by molar-refractivity contribution is 5.83. The Morgan fingerprint density at radius 2 is 1.47 bits per heavy atom. The summed E-state index contributed by atoms with van der Waals surface area (Å²) in [6.07, 6.45) is -0.773. The van der Waals surface area contributed by atoms with Gasteiger partial charge >= 0.3 is 12.1 Å². The van der Waals surface area contributed by atoms with Gasteiger partial charge in [0.2, 0.25) is 5.75 Å². The molecule has 0 aromatic heterocycles. The van der Waals surface area contributed by atoms with Crippen molar-refractivity contribution in [2.24, 2.45) is 0 Å². The Kier molecular flexibility index (Phi) is 7.35. The summed E-state index contributed by atoms with van der Waals surface area (Å²) in [4.78, 5) is 25.2. The van der Waals surface area contributed by atoms with Crippen LogP contribution >= 0.6 is 0 Å². The molecule has 5 rings (SSSR count). The molecule has 0 spiro atoms. The summed E-state index contributed by atoms with van der Waals surface area (Å²) in [5, 5.41) is 2.47. The largest absolute Gasteiger partial charge is 0.485 e. The van der Waals surface area contributed by atoms with Crippen LogP contribution in [-0.4, -0.2) is 24.7 Å². The van der Waals surface area contributed by atoms with Crippen LogP contribution in [0.25, 0.3) is 11.1 Å². The molecule has 0 aliphatic heterocycles. The number of para-hydroxylation sites is 1. The van der Waals surface area contributed by atoms with Crippen LogP contribution in [0.15, 0.2) is 97.1 Å². The van der Waals surface area contributed by atoms with Gasteiger partial charge < -0.3 is 19.5 Å². The van der Waals surface area contributed by atoms with E-state index in [1.807, 2.05) is 78.9 Å². The van der Waals surface area contributed by atoms with Gasteiger partial charge in [0.05, 0.1) is 0 Å². The van der Waals surface area contributed by atoms with E-state index in [-0.39, 0.29) is 30.6 Å². The monoisotopic (exact) mass is 511 g/mol. The van der Waals surface area contributed by atoms with E-state index in [9.17, 15) is 14.0 Å². The number of esters is 1. The topological polar surface area (TPSA) is 73.9 Å². The molecule has 4 aromatic carbocycles. The summed E-state index contributed by atoms with van der Waals surface area (Å²) >= 11 is 0. The molecule has 0 saturated carbocycles. The third-order valence-electron chi connectivity index (χ3n) is 6.40. The van der Waals surface area contributed by atoms with E-state index in [0.717, 1.165) is 27.8 Å². The number of amides is 1. The Bertz CT molecular complexity index is 1410. The number of rotatable bonds is 8. The lowest BCUT2D eigenvalue weighted by Crippen LogP contribution is -2.41. The molecule has 4 aromatic rings. The number of carbonyl (C=O) groups excluding carboxylic acids is 2. The first-order valence-corrected chi connectivity index (χ1v) is 12.3. The average Bonchev–Trinajstić information content (AvgIpc) is 3.26. The summed E-state index contributed by atoms with van der Waals surface area (Å²) in [6, 6.07) is 28.4. The Morgan fingerprint density at radius 1 is 0.842 bits per heavy atom. The van der Waals surface area contributed by atoms with Gasteiger partial charge in [-0.15, -0.1) is 0 Å².